The quantitative estimate of drug-likeness (QED) is 0.793. The van der Waals surface area contributed by atoms with E-state index in [4.69, 9.17) is 9.84 Å². The Labute approximate surface area is 101 Å². The Morgan fingerprint density at radius 1 is 1.44 bits per heavy atom. The summed E-state index contributed by atoms with van der Waals surface area (Å²) in [6.45, 7) is 6.32. The van der Waals surface area contributed by atoms with E-state index in [1.165, 1.54) is 0 Å². The van der Waals surface area contributed by atoms with E-state index in [0.29, 0.717) is 18.4 Å². The van der Waals surface area contributed by atoms with Crippen molar-refractivity contribution in [2.24, 2.45) is 11.8 Å². The number of thioether (sulfide) groups is 1. The van der Waals surface area contributed by atoms with Gasteiger partial charge in [0.2, 0.25) is 0 Å². The number of hydrogen-bond donors (Lipinski definition) is 2. The van der Waals surface area contributed by atoms with Gasteiger partial charge in [0.25, 0.3) is 0 Å². The van der Waals surface area contributed by atoms with Gasteiger partial charge in [-0.1, -0.05) is 0 Å². The van der Waals surface area contributed by atoms with Gasteiger partial charge in [-0.3, -0.25) is 0 Å². The van der Waals surface area contributed by atoms with E-state index in [1.54, 1.807) is 0 Å². The molecular formula is C11H21NO3S. The maximum absolute atomic E-state index is 11.4. The second-order valence-corrected chi connectivity index (χ2v) is 6.20. The number of nitrogens with one attached hydrogen (secondary N) is 1. The Morgan fingerprint density at radius 3 is 2.62 bits per heavy atom. The number of carbonyl (C=O) groups is 1. The Morgan fingerprint density at radius 2 is 2.06 bits per heavy atom. The first-order valence-electron chi connectivity index (χ1n) is 5.58. The Balaban J connectivity index is 2.26. The molecule has 0 aliphatic carbocycles. The molecule has 1 rings (SSSR count). The van der Waals surface area contributed by atoms with E-state index in [-0.39, 0.29) is 12.7 Å². The largest absolute Gasteiger partial charge is 0.444 e. The number of aliphatic hydroxyl groups excluding tert-OH is 1. The first-order valence-corrected chi connectivity index (χ1v) is 6.73. The molecule has 5 heteroatoms. The van der Waals surface area contributed by atoms with E-state index in [2.05, 4.69) is 5.32 Å². The number of carbonyl (C=O) groups excluding carboxylic acids is 1. The first kappa shape index (κ1) is 13.6. The standard InChI is InChI=1S/C11H21NO3S/c1-11(2,3)15-10(14)12-4-8-6-16-7-9(8)5-13/h8-9,13H,4-7H2,1-3H3,(H,12,14). The van der Waals surface area contributed by atoms with E-state index < -0.39 is 5.60 Å². The van der Waals surface area contributed by atoms with Gasteiger partial charge in [0.15, 0.2) is 0 Å². The lowest BCUT2D eigenvalue weighted by Gasteiger charge is -2.21. The van der Waals surface area contributed by atoms with Crippen molar-refractivity contribution in [3.63, 3.8) is 0 Å². The van der Waals surface area contributed by atoms with Crippen molar-refractivity contribution >= 4 is 17.9 Å². The van der Waals surface area contributed by atoms with Crippen LogP contribution >= 0.6 is 11.8 Å². The molecule has 1 amide bonds. The second-order valence-electron chi connectivity index (χ2n) is 5.12. The molecule has 4 nitrogen and oxygen atoms in total. The monoisotopic (exact) mass is 247 g/mol. The van der Waals surface area contributed by atoms with Crippen LogP contribution in [0.15, 0.2) is 0 Å². The van der Waals surface area contributed by atoms with Crippen LogP contribution in [0.4, 0.5) is 4.79 Å². The van der Waals surface area contributed by atoms with Crippen molar-refractivity contribution in [1.29, 1.82) is 0 Å². The lowest BCUT2D eigenvalue weighted by atomic mass is 9.97. The van der Waals surface area contributed by atoms with Gasteiger partial charge in [-0.2, -0.15) is 11.8 Å². The number of hydrogen-bond acceptors (Lipinski definition) is 4. The third-order valence-electron chi connectivity index (χ3n) is 2.47. The molecule has 0 aromatic rings. The van der Waals surface area contributed by atoms with E-state index in [1.807, 2.05) is 32.5 Å². The van der Waals surface area contributed by atoms with Gasteiger partial charge in [0.1, 0.15) is 5.60 Å². The molecule has 2 atom stereocenters. The van der Waals surface area contributed by atoms with Crippen molar-refractivity contribution in [3.8, 4) is 0 Å². The molecule has 0 saturated carbocycles. The highest BCUT2D eigenvalue weighted by atomic mass is 32.2. The zero-order valence-electron chi connectivity index (χ0n) is 10.2. The fourth-order valence-corrected chi connectivity index (χ4v) is 3.11. The Kier molecular flexibility index (Phi) is 4.92. The van der Waals surface area contributed by atoms with Crippen molar-refractivity contribution in [2.75, 3.05) is 24.7 Å². The number of aliphatic hydroxyl groups is 1. The van der Waals surface area contributed by atoms with E-state index in [9.17, 15) is 4.79 Å². The third kappa shape index (κ3) is 4.61. The van der Waals surface area contributed by atoms with Gasteiger partial charge in [-0.05, 0) is 44.1 Å². The summed E-state index contributed by atoms with van der Waals surface area (Å²) >= 11 is 1.83. The molecule has 0 spiro atoms. The minimum atomic E-state index is -0.453. The molecule has 0 bridgehead atoms. The minimum Gasteiger partial charge on any atom is -0.444 e. The molecule has 1 aliphatic rings. The lowest BCUT2D eigenvalue weighted by Crippen LogP contribution is -2.37. The third-order valence-corrected chi connectivity index (χ3v) is 3.80. The summed E-state index contributed by atoms with van der Waals surface area (Å²) in [7, 11) is 0. The molecule has 1 saturated heterocycles. The van der Waals surface area contributed by atoms with Crippen molar-refractivity contribution < 1.29 is 14.6 Å². The van der Waals surface area contributed by atoms with Gasteiger partial charge in [-0.25, -0.2) is 4.79 Å². The van der Waals surface area contributed by atoms with Gasteiger partial charge in [0.05, 0.1) is 0 Å². The zero-order valence-corrected chi connectivity index (χ0v) is 11.0. The molecule has 0 aromatic heterocycles. The number of ether oxygens (including phenoxy) is 1. The van der Waals surface area contributed by atoms with Crippen LogP contribution in [0.3, 0.4) is 0 Å². The van der Waals surface area contributed by atoms with Crippen LogP contribution in [0, 0.1) is 11.8 Å². The van der Waals surface area contributed by atoms with Crippen LogP contribution < -0.4 is 5.32 Å². The normalized spacial score (nSPS) is 25.5. The molecule has 16 heavy (non-hydrogen) atoms. The first-order chi connectivity index (χ1) is 7.42. The molecule has 0 aromatic carbocycles. The fraction of sp³-hybridized carbons (Fsp3) is 0.909. The van der Waals surface area contributed by atoms with Crippen molar-refractivity contribution in [3.05, 3.63) is 0 Å². The van der Waals surface area contributed by atoms with Crippen LogP contribution in [0.2, 0.25) is 0 Å². The number of rotatable bonds is 3. The van der Waals surface area contributed by atoms with Crippen molar-refractivity contribution in [1.82, 2.24) is 5.32 Å². The molecule has 94 valence electrons. The van der Waals surface area contributed by atoms with Gasteiger partial charge >= 0.3 is 6.09 Å². The van der Waals surface area contributed by atoms with Crippen LogP contribution in [0.5, 0.6) is 0 Å². The summed E-state index contributed by atoms with van der Waals surface area (Å²) < 4.78 is 5.15. The molecule has 2 N–H and O–H groups in total. The van der Waals surface area contributed by atoms with E-state index >= 15 is 0 Å². The van der Waals surface area contributed by atoms with E-state index in [0.717, 1.165) is 11.5 Å². The summed E-state index contributed by atoms with van der Waals surface area (Å²) in [4.78, 5) is 11.4. The van der Waals surface area contributed by atoms with Gasteiger partial charge < -0.3 is 15.2 Å². The van der Waals surface area contributed by atoms with Crippen molar-refractivity contribution in [2.45, 2.75) is 26.4 Å². The number of amides is 1. The average Bonchev–Trinajstić information content (AvgIpc) is 2.59. The predicted molar refractivity (Wildman–Crippen MR) is 65.6 cm³/mol. The predicted octanol–water partition coefficient (Wildman–Crippen LogP) is 1.48. The zero-order chi connectivity index (χ0) is 12.2. The smallest absolute Gasteiger partial charge is 0.407 e. The second kappa shape index (κ2) is 5.77. The highest BCUT2D eigenvalue weighted by molar-refractivity contribution is 7.99. The molecule has 2 unspecified atom stereocenters. The molecule has 1 aliphatic heterocycles. The fourth-order valence-electron chi connectivity index (χ4n) is 1.60. The highest BCUT2D eigenvalue weighted by Gasteiger charge is 2.28. The molecular weight excluding hydrogens is 226 g/mol. The summed E-state index contributed by atoms with van der Waals surface area (Å²) in [6, 6.07) is 0. The summed E-state index contributed by atoms with van der Waals surface area (Å²) in [5, 5.41) is 11.9. The van der Waals surface area contributed by atoms with Crippen LogP contribution in [0.1, 0.15) is 20.8 Å². The SMILES string of the molecule is CC(C)(C)OC(=O)NCC1CSCC1CO. The summed E-state index contributed by atoms with van der Waals surface area (Å²) in [5.41, 5.74) is -0.453. The minimum absolute atomic E-state index is 0.202. The lowest BCUT2D eigenvalue weighted by molar-refractivity contribution is 0.0513. The number of alkyl carbamates (subject to hydrolysis) is 1. The maximum Gasteiger partial charge on any atom is 0.407 e. The molecule has 0 radical (unpaired) electrons. The van der Waals surface area contributed by atoms with Gasteiger partial charge in [0, 0.05) is 13.2 Å². The van der Waals surface area contributed by atoms with Crippen LogP contribution in [-0.4, -0.2) is 41.5 Å². The summed E-state index contributed by atoms with van der Waals surface area (Å²) in [5.74, 6) is 2.65. The average molecular weight is 247 g/mol. The Hall–Kier alpha value is -0.420. The highest BCUT2D eigenvalue weighted by Crippen LogP contribution is 2.28. The van der Waals surface area contributed by atoms with Crippen LogP contribution in [0.25, 0.3) is 0 Å². The Bertz CT molecular complexity index is 240. The molecule has 1 heterocycles. The van der Waals surface area contributed by atoms with Crippen LogP contribution in [-0.2, 0) is 4.74 Å². The maximum atomic E-state index is 11.4. The summed E-state index contributed by atoms with van der Waals surface area (Å²) in [6.07, 6.45) is -0.374. The topological polar surface area (TPSA) is 58.6 Å². The molecule has 1 fully saturated rings. The van der Waals surface area contributed by atoms with Gasteiger partial charge in [-0.15, -0.1) is 0 Å².